The summed E-state index contributed by atoms with van der Waals surface area (Å²) in [5.74, 6) is 0.0689. The lowest BCUT2D eigenvalue weighted by molar-refractivity contribution is -0.120. The van der Waals surface area contributed by atoms with Gasteiger partial charge in [-0.25, -0.2) is 0 Å². The van der Waals surface area contributed by atoms with Crippen LogP contribution in [-0.2, 0) is 11.3 Å². The van der Waals surface area contributed by atoms with Gasteiger partial charge in [0, 0.05) is 11.4 Å². The monoisotopic (exact) mass is 285 g/mol. The van der Waals surface area contributed by atoms with E-state index in [1.165, 1.54) is 5.56 Å². The predicted molar refractivity (Wildman–Crippen MR) is 84.8 cm³/mol. The molecular weight excluding hydrogens is 266 g/mol. The van der Waals surface area contributed by atoms with Crippen molar-refractivity contribution in [1.29, 1.82) is 0 Å². The van der Waals surface area contributed by atoms with Gasteiger partial charge in [-0.1, -0.05) is 48.0 Å². The van der Waals surface area contributed by atoms with Crippen LogP contribution in [0.4, 0.5) is 0 Å². The lowest BCUT2D eigenvalue weighted by atomic mass is 10.1. The van der Waals surface area contributed by atoms with Gasteiger partial charge in [-0.15, -0.1) is 11.8 Å². The van der Waals surface area contributed by atoms with E-state index in [2.05, 4.69) is 24.4 Å². The van der Waals surface area contributed by atoms with E-state index >= 15 is 0 Å². The van der Waals surface area contributed by atoms with E-state index in [1.807, 2.05) is 49.4 Å². The lowest BCUT2D eigenvalue weighted by Crippen LogP contribution is -2.30. The Hall–Kier alpha value is -1.74. The highest BCUT2D eigenvalue weighted by Crippen LogP contribution is 2.22. The Morgan fingerprint density at radius 1 is 1.10 bits per heavy atom. The number of benzene rings is 2. The number of aryl methyl sites for hydroxylation is 1. The fourth-order valence-corrected chi connectivity index (χ4v) is 2.71. The van der Waals surface area contributed by atoms with Crippen LogP contribution in [0.1, 0.15) is 18.1 Å². The molecule has 0 aromatic heterocycles. The second-order valence-electron chi connectivity index (χ2n) is 4.78. The SMILES string of the molecule is Cc1ccc(CNC(=O)C(C)Sc2ccccc2)cc1. The molecule has 0 heterocycles. The first-order chi connectivity index (χ1) is 9.65. The van der Waals surface area contributed by atoms with Crippen molar-refractivity contribution in [3.63, 3.8) is 0 Å². The summed E-state index contributed by atoms with van der Waals surface area (Å²) in [6, 6.07) is 18.2. The highest BCUT2D eigenvalue weighted by molar-refractivity contribution is 8.00. The van der Waals surface area contributed by atoms with Gasteiger partial charge in [-0.2, -0.15) is 0 Å². The minimum absolute atomic E-state index is 0.0689. The minimum atomic E-state index is -0.0946. The highest BCUT2D eigenvalue weighted by Gasteiger charge is 2.13. The molecule has 0 fully saturated rings. The molecule has 1 atom stereocenters. The maximum Gasteiger partial charge on any atom is 0.233 e. The Balaban J connectivity index is 1.83. The molecule has 0 saturated carbocycles. The van der Waals surface area contributed by atoms with Crippen molar-refractivity contribution in [2.24, 2.45) is 0 Å². The molecule has 3 heteroatoms. The Labute approximate surface area is 124 Å². The molecule has 1 N–H and O–H groups in total. The fourth-order valence-electron chi connectivity index (χ4n) is 1.80. The number of hydrogen-bond donors (Lipinski definition) is 1. The topological polar surface area (TPSA) is 29.1 Å². The first-order valence-corrected chi connectivity index (χ1v) is 7.58. The van der Waals surface area contributed by atoms with Crippen LogP contribution in [0.2, 0.25) is 0 Å². The van der Waals surface area contributed by atoms with Crippen molar-refractivity contribution in [3.05, 3.63) is 65.7 Å². The average Bonchev–Trinajstić information content (AvgIpc) is 2.47. The summed E-state index contributed by atoms with van der Waals surface area (Å²) in [5, 5.41) is 2.88. The quantitative estimate of drug-likeness (QED) is 0.847. The summed E-state index contributed by atoms with van der Waals surface area (Å²) >= 11 is 1.58. The van der Waals surface area contributed by atoms with Crippen molar-refractivity contribution < 1.29 is 4.79 Å². The van der Waals surface area contributed by atoms with Crippen LogP contribution in [0, 0.1) is 6.92 Å². The van der Waals surface area contributed by atoms with Crippen molar-refractivity contribution in [1.82, 2.24) is 5.32 Å². The van der Waals surface area contributed by atoms with Gasteiger partial charge in [0.2, 0.25) is 5.91 Å². The van der Waals surface area contributed by atoms with Crippen LogP contribution in [0.5, 0.6) is 0 Å². The Morgan fingerprint density at radius 2 is 1.75 bits per heavy atom. The summed E-state index contributed by atoms with van der Waals surface area (Å²) in [6.45, 7) is 4.57. The maximum absolute atomic E-state index is 12.1. The number of carbonyl (C=O) groups excluding carboxylic acids is 1. The van der Waals surface area contributed by atoms with E-state index in [4.69, 9.17) is 0 Å². The normalized spacial score (nSPS) is 11.9. The van der Waals surface area contributed by atoms with Crippen LogP contribution < -0.4 is 5.32 Å². The van der Waals surface area contributed by atoms with Crippen LogP contribution >= 0.6 is 11.8 Å². The second-order valence-corrected chi connectivity index (χ2v) is 6.19. The van der Waals surface area contributed by atoms with Gasteiger partial charge in [-0.05, 0) is 31.5 Å². The number of thioether (sulfide) groups is 1. The number of rotatable bonds is 5. The second kappa shape index (κ2) is 7.15. The van der Waals surface area contributed by atoms with Gasteiger partial charge in [-0.3, -0.25) is 4.79 Å². The zero-order chi connectivity index (χ0) is 14.4. The smallest absolute Gasteiger partial charge is 0.233 e. The third kappa shape index (κ3) is 4.42. The maximum atomic E-state index is 12.1. The summed E-state index contributed by atoms with van der Waals surface area (Å²) < 4.78 is 0. The van der Waals surface area contributed by atoms with E-state index in [1.54, 1.807) is 11.8 Å². The molecule has 0 spiro atoms. The molecule has 0 radical (unpaired) electrons. The molecule has 104 valence electrons. The highest BCUT2D eigenvalue weighted by atomic mass is 32.2. The lowest BCUT2D eigenvalue weighted by Gasteiger charge is -2.12. The Morgan fingerprint density at radius 3 is 2.40 bits per heavy atom. The molecule has 0 aliphatic rings. The molecule has 1 unspecified atom stereocenters. The van der Waals surface area contributed by atoms with Gasteiger partial charge in [0.05, 0.1) is 5.25 Å². The zero-order valence-corrected chi connectivity index (χ0v) is 12.6. The van der Waals surface area contributed by atoms with Crippen LogP contribution in [0.3, 0.4) is 0 Å². The first-order valence-electron chi connectivity index (χ1n) is 6.70. The van der Waals surface area contributed by atoms with Crippen molar-refractivity contribution in [3.8, 4) is 0 Å². The van der Waals surface area contributed by atoms with Gasteiger partial charge in [0.15, 0.2) is 0 Å². The number of amides is 1. The summed E-state index contributed by atoms with van der Waals surface area (Å²) in [5.41, 5.74) is 2.36. The van der Waals surface area contributed by atoms with Crippen LogP contribution in [0.25, 0.3) is 0 Å². The average molecular weight is 285 g/mol. The third-order valence-electron chi connectivity index (χ3n) is 3.01. The summed E-state index contributed by atoms with van der Waals surface area (Å²) in [7, 11) is 0. The molecule has 2 aromatic carbocycles. The molecule has 0 bridgehead atoms. The van der Waals surface area contributed by atoms with E-state index in [-0.39, 0.29) is 11.2 Å². The molecule has 20 heavy (non-hydrogen) atoms. The predicted octanol–water partition coefficient (Wildman–Crippen LogP) is 3.79. The van der Waals surface area contributed by atoms with Crippen molar-refractivity contribution in [2.45, 2.75) is 30.5 Å². The molecule has 0 aliphatic heterocycles. The molecule has 2 rings (SSSR count). The van der Waals surface area contributed by atoms with Crippen LogP contribution in [-0.4, -0.2) is 11.2 Å². The van der Waals surface area contributed by atoms with Gasteiger partial charge in [0.25, 0.3) is 0 Å². The van der Waals surface area contributed by atoms with E-state index in [9.17, 15) is 4.79 Å². The first kappa shape index (κ1) is 14.7. The van der Waals surface area contributed by atoms with E-state index in [0.717, 1.165) is 10.5 Å². The van der Waals surface area contributed by atoms with Gasteiger partial charge in [0.1, 0.15) is 0 Å². The third-order valence-corrected chi connectivity index (χ3v) is 4.12. The minimum Gasteiger partial charge on any atom is -0.351 e. The molecule has 2 nitrogen and oxygen atoms in total. The largest absolute Gasteiger partial charge is 0.351 e. The Kier molecular flexibility index (Phi) is 5.24. The summed E-state index contributed by atoms with van der Waals surface area (Å²) in [4.78, 5) is 13.2. The van der Waals surface area contributed by atoms with Crippen molar-refractivity contribution in [2.75, 3.05) is 0 Å². The summed E-state index contributed by atoms with van der Waals surface area (Å²) in [6.07, 6.45) is 0. The van der Waals surface area contributed by atoms with Crippen molar-refractivity contribution >= 4 is 17.7 Å². The molecule has 2 aromatic rings. The number of carbonyl (C=O) groups is 1. The molecule has 0 aliphatic carbocycles. The van der Waals surface area contributed by atoms with Crippen LogP contribution in [0.15, 0.2) is 59.5 Å². The zero-order valence-electron chi connectivity index (χ0n) is 11.8. The number of nitrogens with one attached hydrogen (secondary N) is 1. The molecular formula is C17H19NOS. The van der Waals surface area contributed by atoms with Gasteiger partial charge >= 0.3 is 0 Å². The fraction of sp³-hybridized carbons (Fsp3) is 0.235. The standard InChI is InChI=1S/C17H19NOS/c1-13-8-10-15(11-9-13)12-18-17(19)14(2)20-16-6-4-3-5-7-16/h3-11,14H,12H2,1-2H3,(H,18,19). The number of hydrogen-bond acceptors (Lipinski definition) is 2. The van der Waals surface area contributed by atoms with E-state index in [0.29, 0.717) is 6.54 Å². The van der Waals surface area contributed by atoms with Gasteiger partial charge < -0.3 is 5.32 Å². The molecule has 1 amide bonds. The Bertz CT molecular complexity index is 551. The van der Waals surface area contributed by atoms with E-state index < -0.39 is 0 Å². The molecule has 0 saturated heterocycles.